The zero-order valence-electron chi connectivity index (χ0n) is 12.5. The minimum Gasteiger partial charge on any atom is -0.302 e. The van der Waals surface area contributed by atoms with Gasteiger partial charge in [0.2, 0.25) is 0 Å². The van der Waals surface area contributed by atoms with Crippen LogP contribution in [0.15, 0.2) is 42.7 Å². The fraction of sp³-hybridized carbons (Fsp3) is 0.412. The molecule has 0 aliphatic rings. The van der Waals surface area contributed by atoms with E-state index in [1.165, 1.54) is 5.56 Å². The monoisotopic (exact) mass is 269 g/mol. The van der Waals surface area contributed by atoms with Gasteiger partial charge in [0.15, 0.2) is 0 Å². The molecule has 3 nitrogen and oxygen atoms in total. The summed E-state index contributed by atoms with van der Waals surface area (Å²) in [5.41, 5.74) is 3.36. The fourth-order valence-electron chi connectivity index (χ4n) is 2.54. The number of hydrogen-bond donors (Lipinski definition) is 1. The van der Waals surface area contributed by atoms with E-state index >= 15 is 0 Å². The van der Waals surface area contributed by atoms with E-state index in [1.807, 2.05) is 6.92 Å². The Hall–Kier alpha value is -1.74. The molecule has 0 spiro atoms. The van der Waals surface area contributed by atoms with Gasteiger partial charge < -0.3 is 5.32 Å². The first-order chi connectivity index (χ1) is 9.72. The second kappa shape index (κ2) is 7.15. The SMILES string of the molecule is CCCC(NC(C)c1nccnc1C)c1ccccc1. The van der Waals surface area contributed by atoms with Crippen molar-refractivity contribution >= 4 is 0 Å². The lowest BCUT2D eigenvalue weighted by Gasteiger charge is -2.24. The first kappa shape index (κ1) is 14.7. The van der Waals surface area contributed by atoms with Crippen LogP contribution >= 0.6 is 0 Å². The summed E-state index contributed by atoms with van der Waals surface area (Å²) in [6.45, 7) is 6.39. The molecule has 3 heteroatoms. The summed E-state index contributed by atoms with van der Waals surface area (Å²) in [7, 11) is 0. The van der Waals surface area contributed by atoms with Crippen molar-refractivity contribution in [3.05, 3.63) is 59.7 Å². The lowest BCUT2D eigenvalue weighted by Crippen LogP contribution is -2.26. The maximum Gasteiger partial charge on any atom is 0.0782 e. The van der Waals surface area contributed by atoms with Crippen LogP contribution in [0.5, 0.6) is 0 Å². The first-order valence-corrected chi connectivity index (χ1v) is 7.31. The Morgan fingerprint density at radius 3 is 2.45 bits per heavy atom. The molecule has 2 atom stereocenters. The van der Waals surface area contributed by atoms with E-state index in [0.29, 0.717) is 6.04 Å². The van der Waals surface area contributed by atoms with Crippen LogP contribution in [0.1, 0.15) is 55.7 Å². The Bertz CT molecular complexity index is 525. The van der Waals surface area contributed by atoms with Gasteiger partial charge >= 0.3 is 0 Å². The van der Waals surface area contributed by atoms with Crippen LogP contribution in [0.25, 0.3) is 0 Å². The summed E-state index contributed by atoms with van der Waals surface area (Å²) in [5.74, 6) is 0. The van der Waals surface area contributed by atoms with Crippen molar-refractivity contribution in [2.45, 2.75) is 45.7 Å². The van der Waals surface area contributed by atoms with E-state index in [9.17, 15) is 0 Å². The Morgan fingerprint density at radius 1 is 1.10 bits per heavy atom. The van der Waals surface area contributed by atoms with Gasteiger partial charge in [0.05, 0.1) is 11.4 Å². The van der Waals surface area contributed by atoms with Gasteiger partial charge in [-0.3, -0.25) is 9.97 Å². The average Bonchev–Trinajstić information content (AvgIpc) is 2.48. The summed E-state index contributed by atoms with van der Waals surface area (Å²) in [6.07, 6.45) is 5.77. The zero-order valence-corrected chi connectivity index (χ0v) is 12.5. The largest absolute Gasteiger partial charge is 0.302 e. The number of nitrogens with one attached hydrogen (secondary N) is 1. The van der Waals surface area contributed by atoms with E-state index in [2.05, 4.69) is 59.5 Å². The molecule has 1 aromatic heterocycles. The van der Waals surface area contributed by atoms with Crippen molar-refractivity contribution in [3.63, 3.8) is 0 Å². The maximum absolute atomic E-state index is 4.46. The van der Waals surface area contributed by atoms with Gasteiger partial charge in [0.25, 0.3) is 0 Å². The molecule has 1 heterocycles. The quantitative estimate of drug-likeness (QED) is 0.862. The number of aromatic nitrogens is 2. The van der Waals surface area contributed by atoms with Crippen molar-refractivity contribution < 1.29 is 0 Å². The molecule has 2 rings (SSSR count). The van der Waals surface area contributed by atoms with Crippen molar-refractivity contribution in [2.24, 2.45) is 0 Å². The van der Waals surface area contributed by atoms with Crippen molar-refractivity contribution in [1.29, 1.82) is 0 Å². The predicted molar refractivity (Wildman–Crippen MR) is 82.4 cm³/mol. The summed E-state index contributed by atoms with van der Waals surface area (Å²) >= 11 is 0. The number of rotatable bonds is 6. The maximum atomic E-state index is 4.46. The zero-order chi connectivity index (χ0) is 14.4. The molecule has 0 fully saturated rings. The minimum atomic E-state index is 0.195. The number of benzene rings is 1. The van der Waals surface area contributed by atoms with Gasteiger partial charge in [0.1, 0.15) is 0 Å². The van der Waals surface area contributed by atoms with Gasteiger partial charge in [-0.25, -0.2) is 0 Å². The second-order valence-electron chi connectivity index (χ2n) is 5.17. The highest BCUT2D eigenvalue weighted by Crippen LogP contribution is 2.23. The van der Waals surface area contributed by atoms with E-state index < -0.39 is 0 Å². The van der Waals surface area contributed by atoms with Crippen LogP contribution in [-0.2, 0) is 0 Å². The van der Waals surface area contributed by atoms with E-state index in [4.69, 9.17) is 0 Å². The van der Waals surface area contributed by atoms with Gasteiger partial charge in [0, 0.05) is 24.5 Å². The van der Waals surface area contributed by atoms with Crippen LogP contribution in [0.3, 0.4) is 0 Å². The molecular weight excluding hydrogens is 246 g/mol. The summed E-state index contributed by atoms with van der Waals surface area (Å²) in [4.78, 5) is 8.78. The number of nitrogens with zero attached hydrogens (tertiary/aromatic N) is 2. The standard InChI is InChI=1S/C17H23N3/c1-4-8-16(15-9-6-5-7-10-15)20-14(3)17-13(2)18-11-12-19-17/h5-7,9-12,14,16,20H,4,8H2,1-3H3. The topological polar surface area (TPSA) is 37.8 Å². The van der Waals surface area contributed by atoms with Crippen LogP contribution in [0.4, 0.5) is 0 Å². The Labute approximate surface area is 121 Å². The van der Waals surface area contributed by atoms with Crippen molar-refractivity contribution in [1.82, 2.24) is 15.3 Å². The fourth-order valence-corrected chi connectivity index (χ4v) is 2.54. The lowest BCUT2D eigenvalue weighted by atomic mass is 10.0. The van der Waals surface area contributed by atoms with E-state index in [-0.39, 0.29) is 6.04 Å². The molecular formula is C17H23N3. The molecule has 0 aliphatic heterocycles. The second-order valence-corrected chi connectivity index (χ2v) is 5.17. The smallest absolute Gasteiger partial charge is 0.0782 e. The van der Waals surface area contributed by atoms with Crippen molar-refractivity contribution in [2.75, 3.05) is 0 Å². The Balaban J connectivity index is 2.14. The molecule has 2 unspecified atom stereocenters. The number of aryl methyl sites for hydroxylation is 1. The average molecular weight is 269 g/mol. The normalized spacial score (nSPS) is 13.9. The van der Waals surface area contributed by atoms with Crippen LogP contribution in [0.2, 0.25) is 0 Å². The summed E-state index contributed by atoms with van der Waals surface area (Å²) in [5, 5.41) is 3.69. The molecule has 0 saturated heterocycles. The molecule has 1 aromatic carbocycles. The molecule has 2 aromatic rings. The number of hydrogen-bond acceptors (Lipinski definition) is 3. The minimum absolute atomic E-state index is 0.195. The van der Waals surface area contributed by atoms with Gasteiger partial charge in [-0.1, -0.05) is 43.7 Å². The molecule has 0 saturated carbocycles. The highest BCUT2D eigenvalue weighted by molar-refractivity contribution is 5.20. The van der Waals surface area contributed by atoms with Crippen LogP contribution in [-0.4, -0.2) is 9.97 Å². The third-order valence-corrected chi connectivity index (χ3v) is 3.56. The first-order valence-electron chi connectivity index (χ1n) is 7.31. The summed E-state index contributed by atoms with van der Waals surface area (Å²) in [6, 6.07) is 11.2. The molecule has 20 heavy (non-hydrogen) atoms. The van der Waals surface area contributed by atoms with E-state index in [1.54, 1.807) is 12.4 Å². The summed E-state index contributed by atoms with van der Waals surface area (Å²) < 4.78 is 0. The Morgan fingerprint density at radius 2 is 1.80 bits per heavy atom. The Kier molecular flexibility index (Phi) is 5.24. The van der Waals surface area contributed by atoms with Gasteiger partial charge in [-0.2, -0.15) is 0 Å². The molecule has 106 valence electrons. The predicted octanol–water partition coefficient (Wildman–Crippen LogP) is 3.98. The molecule has 1 N–H and O–H groups in total. The van der Waals surface area contributed by atoms with Crippen LogP contribution in [0, 0.1) is 6.92 Å². The van der Waals surface area contributed by atoms with Gasteiger partial charge in [-0.05, 0) is 25.8 Å². The molecule has 0 radical (unpaired) electrons. The third-order valence-electron chi connectivity index (χ3n) is 3.56. The lowest BCUT2D eigenvalue weighted by molar-refractivity contribution is 0.432. The van der Waals surface area contributed by atoms with Crippen LogP contribution < -0.4 is 5.32 Å². The molecule has 0 amide bonds. The highest BCUT2D eigenvalue weighted by atomic mass is 15.0. The third kappa shape index (κ3) is 3.64. The highest BCUT2D eigenvalue weighted by Gasteiger charge is 2.16. The molecule has 0 aliphatic carbocycles. The van der Waals surface area contributed by atoms with E-state index in [0.717, 1.165) is 24.2 Å². The van der Waals surface area contributed by atoms with Gasteiger partial charge in [-0.15, -0.1) is 0 Å². The van der Waals surface area contributed by atoms with Crippen molar-refractivity contribution in [3.8, 4) is 0 Å². The molecule has 0 bridgehead atoms.